The third kappa shape index (κ3) is 3.55. The summed E-state index contributed by atoms with van der Waals surface area (Å²) in [4.78, 5) is 14.4. The van der Waals surface area contributed by atoms with E-state index in [1.165, 1.54) is 5.56 Å². The Morgan fingerprint density at radius 3 is 2.78 bits per heavy atom. The van der Waals surface area contributed by atoms with Gasteiger partial charge in [-0.15, -0.1) is 0 Å². The van der Waals surface area contributed by atoms with E-state index in [9.17, 15) is 4.79 Å². The van der Waals surface area contributed by atoms with Crippen LogP contribution in [0.15, 0.2) is 42.7 Å². The Balaban J connectivity index is 1.65. The molecule has 1 aromatic heterocycles. The number of carbonyl (C=O) groups is 1. The minimum Gasteiger partial charge on any atom is -0.324 e. The molecule has 0 radical (unpaired) electrons. The summed E-state index contributed by atoms with van der Waals surface area (Å²) in [5.41, 5.74) is 2.14. The highest BCUT2D eigenvalue weighted by Crippen LogP contribution is 2.34. The molecule has 1 aliphatic rings. The van der Waals surface area contributed by atoms with Gasteiger partial charge in [0.1, 0.15) is 0 Å². The van der Waals surface area contributed by atoms with Crippen LogP contribution in [0.5, 0.6) is 0 Å². The van der Waals surface area contributed by atoms with E-state index in [0.717, 1.165) is 31.6 Å². The van der Waals surface area contributed by atoms with Crippen molar-refractivity contribution in [3.8, 4) is 0 Å². The number of benzene rings is 1. The fraction of sp³-hybridized carbons (Fsp3) is 0.444. The van der Waals surface area contributed by atoms with Gasteiger partial charge >= 0.3 is 6.03 Å². The fourth-order valence-corrected chi connectivity index (χ4v) is 3.46. The molecule has 5 heteroatoms. The minimum atomic E-state index is -0.0250. The molecule has 0 bridgehead atoms. The maximum absolute atomic E-state index is 12.5. The third-order valence-corrected chi connectivity index (χ3v) is 4.73. The van der Waals surface area contributed by atoms with Crippen LogP contribution in [0.3, 0.4) is 0 Å². The summed E-state index contributed by atoms with van der Waals surface area (Å²) in [5.74, 6) is 1.05. The molecule has 23 heavy (non-hydrogen) atoms. The Kier molecular flexibility index (Phi) is 4.65. The Bertz CT molecular complexity index is 652. The van der Waals surface area contributed by atoms with Crippen LogP contribution in [0.25, 0.3) is 0 Å². The van der Waals surface area contributed by atoms with Crippen LogP contribution in [0.2, 0.25) is 0 Å². The highest BCUT2D eigenvalue weighted by Gasteiger charge is 2.31. The van der Waals surface area contributed by atoms with Gasteiger partial charge < -0.3 is 10.2 Å². The highest BCUT2D eigenvalue weighted by atomic mass is 16.2. The molecule has 0 saturated carbocycles. The minimum absolute atomic E-state index is 0.0250. The van der Waals surface area contributed by atoms with Crippen molar-refractivity contribution < 1.29 is 4.79 Å². The lowest BCUT2D eigenvalue weighted by atomic mass is 9.79. The number of amides is 2. The van der Waals surface area contributed by atoms with Gasteiger partial charge in [-0.2, -0.15) is 5.10 Å². The second-order valence-corrected chi connectivity index (χ2v) is 6.25. The summed E-state index contributed by atoms with van der Waals surface area (Å²) in [6, 6.07) is 10.6. The van der Waals surface area contributed by atoms with E-state index in [1.54, 1.807) is 10.9 Å². The molecule has 1 aliphatic heterocycles. The van der Waals surface area contributed by atoms with Crippen molar-refractivity contribution in [2.45, 2.75) is 25.7 Å². The van der Waals surface area contributed by atoms with Gasteiger partial charge in [0.25, 0.3) is 0 Å². The first-order chi connectivity index (χ1) is 11.2. The van der Waals surface area contributed by atoms with Crippen LogP contribution in [0, 0.1) is 5.92 Å². The molecule has 0 unspecified atom stereocenters. The number of anilines is 1. The number of piperidine rings is 1. The molecule has 2 aromatic rings. The zero-order chi connectivity index (χ0) is 16.2. The number of nitrogens with one attached hydrogen (secondary N) is 1. The zero-order valence-corrected chi connectivity index (χ0v) is 13.8. The summed E-state index contributed by atoms with van der Waals surface area (Å²) < 4.78 is 1.69. The van der Waals surface area contributed by atoms with E-state index in [4.69, 9.17) is 0 Å². The Morgan fingerprint density at radius 2 is 2.13 bits per heavy atom. The standard InChI is InChI=1S/C18H24N4O/c1-3-14-12-22(18(23)20-16-11-19-21(2)13-16)10-9-17(14)15-7-5-4-6-8-15/h4-8,11,13-14,17H,3,9-10,12H2,1-2H3,(H,20,23)/t14-,17+/m0/s1. The molecule has 2 amide bonds. The van der Waals surface area contributed by atoms with Gasteiger partial charge in [-0.1, -0.05) is 43.7 Å². The van der Waals surface area contributed by atoms with Crippen LogP contribution in [0.1, 0.15) is 31.2 Å². The summed E-state index contributed by atoms with van der Waals surface area (Å²) in [7, 11) is 1.84. The number of urea groups is 1. The van der Waals surface area contributed by atoms with E-state index in [2.05, 4.69) is 47.7 Å². The molecule has 0 aliphatic carbocycles. The lowest BCUT2D eigenvalue weighted by Gasteiger charge is -2.38. The Morgan fingerprint density at radius 1 is 1.35 bits per heavy atom. The SMILES string of the molecule is CC[C@H]1CN(C(=O)Nc2cnn(C)c2)CC[C@H]1c1ccccc1. The summed E-state index contributed by atoms with van der Waals surface area (Å²) in [5, 5.41) is 7.02. The van der Waals surface area contributed by atoms with Crippen molar-refractivity contribution in [1.82, 2.24) is 14.7 Å². The second-order valence-electron chi connectivity index (χ2n) is 6.25. The molecule has 1 fully saturated rings. The topological polar surface area (TPSA) is 50.2 Å². The number of rotatable bonds is 3. The van der Waals surface area contributed by atoms with E-state index in [0.29, 0.717) is 11.8 Å². The van der Waals surface area contributed by atoms with Crippen LogP contribution >= 0.6 is 0 Å². The van der Waals surface area contributed by atoms with E-state index in [1.807, 2.05) is 18.1 Å². The lowest BCUT2D eigenvalue weighted by molar-refractivity contribution is 0.162. The van der Waals surface area contributed by atoms with Crippen LogP contribution in [0.4, 0.5) is 10.5 Å². The van der Waals surface area contributed by atoms with Gasteiger partial charge in [0.2, 0.25) is 0 Å². The maximum atomic E-state index is 12.5. The highest BCUT2D eigenvalue weighted by molar-refractivity contribution is 5.89. The van der Waals surface area contributed by atoms with Crippen molar-refractivity contribution in [3.63, 3.8) is 0 Å². The molecule has 2 atom stereocenters. The smallest absolute Gasteiger partial charge is 0.321 e. The number of aromatic nitrogens is 2. The summed E-state index contributed by atoms with van der Waals surface area (Å²) >= 11 is 0. The predicted octanol–water partition coefficient (Wildman–Crippen LogP) is 3.47. The van der Waals surface area contributed by atoms with Gasteiger partial charge in [-0.05, 0) is 23.8 Å². The van der Waals surface area contributed by atoms with E-state index >= 15 is 0 Å². The molecule has 5 nitrogen and oxygen atoms in total. The number of carbonyl (C=O) groups excluding carboxylic acids is 1. The van der Waals surface area contributed by atoms with Crippen molar-refractivity contribution in [2.75, 3.05) is 18.4 Å². The first-order valence-electron chi connectivity index (χ1n) is 8.27. The fourth-order valence-electron chi connectivity index (χ4n) is 3.46. The zero-order valence-electron chi connectivity index (χ0n) is 13.8. The number of nitrogens with zero attached hydrogens (tertiary/aromatic N) is 3. The van der Waals surface area contributed by atoms with E-state index in [-0.39, 0.29) is 6.03 Å². The maximum Gasteiger partial charge on any atom is 0.321 e. The first-order valence-corrected chi connectivity index (χ1v) is 8.27. The summed E-state index contributed by atoms with van der Waals surface area (Å²) in [6.07, 6.45) is 5.58. The predicted molar refractivity (Wildman–Crippen MR) is 91.4 cm³/mol. The number of hydrogen-bond donors (Lipinski definition) is 1. The van der Waals surface area contributed by atoms with Crippen LogP contribution < -0.4 is 5.32 Å². The monoisotopic (exact) mass is 312 g/mol. The normalized spacial score (nSPS) is 21.2. The van der Waals surface area contributed by atoms with Gasteiger partial charge in [0, 0.05) is 26.3 Å². The molecule has 1 saturated heterocycles. The second kappa shape index (κ2) is 6.86. The van der Waals surface area contributed by atoms with Gasteiger partial charge in [-0.25, -0.2) is 4.79 Å². The molecule has 1 N–H and O–H groups in total. The molecule has 122 valence electrons. The van der Waals surface area contributed by atoms with Crippen molar-refractivity contribution in [3.05, 3.63) is 48.3 Å². The average Bonchev–Trinajstić information content (AvgIpc) is 3.00. The summed E-state index contributed by atoms with van der Waals surface area (Å²) in [6.45, 7) is 3.81. The van der Waals surface area contributed by atoms with Crippen molar-refractivity contribution >= 4 is 11.7 Å². The van der Waals surface area contributed by atoms with Crippen LogP contribution in [-0.4, -0.2) is 33.8 Å². The number of likely N-dealkylation sites (tertiary alicyclic amines) is 1. The number of hydrogen-bond acceptors (Lipinski definition) is 2. The molecular weight excluding hydrogens is 288 g/mol. The molecule has 2 heterocycles. The molecule has 1 aromatic carbocycles. The lowest BCUT2D eigenvalue weighted by Crippen LogP contribution is -2.44. The Hall–Kier alpha value is -2.30. The third-order valence-electron chi connectivity index (χ3n) is 4.73. The van der Waals surface area contributed by atoms with Crippen molar-refractivity contribution in [2.24, 2.45) is 13.0 Å². The number of aryl methyl sites for hydroxylation is 1. The Labute approximate surface area is 137 Å². The van der Waals surface area contributed by atoms with Gasteiger partial charge in [-0.3, -0.25) is 4.68 Å². The van der Waals surface area contributed by atoms with Gasteiger partial charge in [0.05, 0.1) is 11.9 Å². The average molecular weight is 312 g/mol. The molecule has 0 spiro atoms. The van der Waals surface area contributed by atoms with E-state index < -0.39 is 0 Å². The molecular formula is C18H24N4O. The first kappa shape index (κ1) is 15.6. The quantitative estimate of drug-likeness (QED) is 0.943. The molecule has 3 rings (SSSR count). The van der Waals surface area contributed by atoms with Crippen LogP contribution in [-0.2, 0) is 7.05 Å². The van der Waals surface area contributed by atoms with Crippen molar-refractivity contribution in [1.29, 1.82) is 0 Å². The largest absolute Gasteiger partial charge is 0.324 e. The van der Waals surface area contributed by atoms with Gasteiger partial charge in [0.15, 0.2) is 0 Å².